The molecule has 1 unspecified atom stereocenters. The van der Waals surface area contributed by atoms with Crippen molar-refractivity contribution in [3.8, 4) is 0 Å². The standard InChI is InChI=1S/C35H56O3/c1-5-6-7-8-9-10-11-12-13-14-15-16-17-18-19-20-21-25-30(2)38-34(36)35(3,37-4)33-29-24-27-31-26-22-23-28-32(31)33/h22-24,26-30H,5-21,25H2,1-4H3/t30?,35-/m0/s1. The van der Waals surface area contributed by atoms with Gasteiger partial charge in [-0.2, -0.15) is 0 Å². The molecule has 2 atom stereocenters. The third kappa shape index (κ3) is 11.5. The van der Waals surface area contributed by atoms with Gasteiger partial charge in [-0.25, -0.2) is 4.79 Å². The number of unbranched alkanes of at least 4 members (excludes halogenated alkanes) is 16. The fourth-order valence-electron chi connectivity index (χ4n) is 5.46. The highest BCUT2D eigenvalue weighted by molar-refractivity contribution is 5.92. The second-order valence-corrected chi connectivity index (χ2v) is 11.4. The number of rotatable bonds is 22. The van der Waals surface area contributed by atoms with Crippen molar-refractivity contribution in [1.29, 1.82) is 0 Å². The predicted molar refractivity (Wildman–Crippen MR) is 163 cm³/mol. The first kappa shape index (κ1) is 32.3. The molecule has 0 heterocycles. The van der Waals surface area contributed by atoms with Crippen molar-refractivity contribution >= 4 is 16.7 Å². The van der Waals surface area contributed by atoms with E-state index in [0.29, 0.717) is 0 Å². The van der Waals surface area contributed by atoms with E-state index in [1.807, 2.05) is 44.2 Å². The van der Waals surface area contributed by atoms with Crippen molar-refractivity contribution in [2.75, 3.05) is 7.11 Å². The number of ether oxygens (including phenoxy) is 2. The molecule has 0 aliphatic carbocycles. The third-order valence-corrected chi connectivity index (χ3v) is 8.12. The van der Waals surface area contributed by atoms with E-state index < -0.39 is 5.60 Å². The summed E-state index contributed by atoms with van der Waals surface area (Å²) in [5.41, 5.74) is -0.267. The number of methoxy groups -OCH3 is 1. The SMILES string of the molecule is CCCCCCCCCCCCCCCCCCCC(C)OC(=O)[C@@](C)(OC)c1cccc2ccccc12. The molecular formula is C35H56O3. The average molecular weight is 525 g/mol. The summed E-state index contributed by atoms with van der Waals surface area (Å²) in [4.78, 5) is 13.2. The van der Waals surface area contributed by atoms with Crippen LogP contribution in [-0.4, -0.2) is 19.2 Å². The third-order valence-electron chi connectivity index (χ3n) is 8.12. The van der Waals surface area contributed by atoms with Gasteiger partial charge in [0.15, 0.2) is 5.60 Å². The van der Waals surface area contributed by atoms with Gasteiger partial charge in [-0.3, -0.25) is 0 Å². The molecule has 3 heteroatoms. The molecule has 0 amide bonds. The molecule has 214 valence electrons. The predicted octanol–water partition coefficient (Wildman–Crippen LogP) is 10.7. The maximum atomic E-state index is 13.2. The monoisotopic (exact) mass is 524 g/mol. The van der Waals surface area contributed by atoms with Gasteiger partial charge in [0.25, 0.3) is 0 Å². The van der Waals surface area contributed by atoms with Gasteiger partial charge in [-0.15, -0.1) is 0 Å². The lowest BCUT2D eigenvalue weighted by molar-refractivity contribution is -0.173. The van der Waals surface area contributed by atoms with Gasteiger partial charge in [0.05, 0.1) is 6.10 Å². The molecule has 0 spiro atoms. The number of hydrogen-bond acceptors (Lipinski definition) is 3. The van der Waals surface area contributed by atoms with E-state index in [4.69, 9.17) is 9.47 Å². The summed E-state index contributed by atoms with van der Waals surface area (Å²) in [5, 5.41) is 2.12. The van der Waals surface area contributed by atoms with Crippen molar-refractivity contribution in [2.24, 2.45) is 0 Å². The molecule has 0 aliphatic rings. The minimum Gasteiger partial charge on any atom is -0.460 e. The number of benzene rings is 2. The van der Waals surface area contributed by atoms with E-state index in [-0.39, 0.29) is 12.1 Å². The van der Waals surface area contributed by atoms with E-state index in [2.05, 4.69) is 19.1 Å². The molecule has 0 fully saturated rings. The van der Waals surface area contributed by atoms with Crippen molar-refractivity contribution in [3.05, 3.63) is 48.0 Å². The highest BCUT2D eigenvalue weighted by Crippen LogP contribution is 2.33. The van der Waals surface area contributed by atoms with Crippen LogP contribution in [0.5, 0.6) is 0 Å². The van der Waals surface area contributed by atoms with Crippen LogP contribution in [0.4, 0.5) is 0 Å². The van der Waals surface area contributed by atoms with Crippen LogP contribution in [0.2, 0.25) is 0 Å². The van der Waals surface area contributed by atoms with E-state index >= 15 is 0 Å². The lowest BCUT2D eigenvalue weighted by atomic mass is 9.90. The van der Waals surface area contributed by atoms with Gasteiger partial charge < -0.3 is 9.47 Å². The number of esters is 1. The fourth-order valence-corrected chi connectivity index (χ4v) is 5.46. The number of carbonyl (C=O) groups excluding carboxylic acids is 1. The summed E-state index contributed by atoms with van der Waals surface area (Å²) in [6.45, 7) is 6.11. The zero-order valence-electron chi connectivity index (χ0n) is 25.1. The quantitative estimate of drug-likeness (QED) is 0.113. The first-order valence-electron chi connectivity index (χ1n) is 15.8. The second-order valence-electron chi connectivity index (χ2n) is 11.4. The largest absolute Gasteiger partial charge is 0.460 e. The molecule has 0 aliphatic heterocycles. The summed E-state index contributed by atoms with van der Waals surface area (Å²) >= 11 is 0. The second kappa shape index (κ2) is 19.2. The Morgan fingerprint density at radius 3 is 1.71 bits per heavy atom. The average Bonchev–Trinajstić information content (AvgIpc) is 2.93. The Labute approximate surface area is 234 Å². The minimum atomic E-state index is -1.12. The zero-order chi connectivity index (χ0) is 27.5. The molecular weight excluding hydrogens is 468 g/mol. The fraction of sp³-hybridized carbons (Fsp3) is 0.686. The van der Waals surface area contributed by atoms with Gasteiger partial charge in [0.1, 0.15) is 0 Å². The first-order valence-corrected chi connectivity index (χ1v) is 15.8. The molecule has 3 nitrogen and oxygen atoms in total. The topological polar surface area (TPSA) is 35.5 Å². The maximum absolute atomic E-state index is 13.2. The van der Waals surface area contributed by atoms with Gasteiger partial charge in [-0.1, -0.05) is 152 Å². The van der Waals surface area contributed by atoms with Crippen LogP contribution < -0.4 is 0 Å². The van der Waals surface area contributed by atoms with Gasteiger partial charge in [-0.05, 0) is 37.5 Å². The number of hydrogen-bond donors (Lipinski definition) is 0. The minimum absolute atomic E-state index is 0.108. The van der Waals surface area contributed by atoms with Crippen molar-refractivity contribution in [1.82, 2.24) is 0 Å². The molecule has 0 bridgehead atoms. The summed E-state index contributed by atoms with van der Waals surface area (Å²) in [5.74, 6) is -0.309. The van der Waals surface area contributed by atoms with Crippen LogP contribution in [-0.2, 0) is 19.9 Å². The number of carbonyl (C=O) groups is 1. The zero-order valence-corrected chi connectivity index (χ0v) is 25.1. The summed E-state index contributed by atoms with van der Waals surface area (Å²) < 4.78 is 11.6. The Balaban J connectivity index is 1.52. The maximum Gasteiger partial charge on any atom is 0.343 e. The van der Waals surface area contributed by atoms with E-state index in [0.717, 1.165) is 29.2 Å². The molecule has 0 aromatic heterocycles. The Morgan fingerprint density at radius 1 is 0.711 bits per heavy atom. The van der Waals surface area contributed by atoms with Gasteiger partial charge in [0, 0.05) is 12.7 Å². The van der Waals surface area contributed by atoms with Crippen LogP contribution in [0, 0.1) is 0 Å². The van der Waals surface area contributed by atoms with Crippen molar-refractivity contribution < 1.29 is 14.3 Å². The van der Waals surface area contributed by atoms with Crippen LogP contribution in [0.1, 0.15) is 142 Å². The molecule has 0 saturated carbocycles. The lowest BCUT2D eigenvalue weighted by Gasteiger charge is -2.29. The normalized spacial score (nSPS) is 13.9. The van der Waals surface area contributed by atoms with Crippen LogP contribution in [0.15, 0.2) is 42.5 Å². The molecule has 38 heavy (non-hydrogen) atoms. The van der Waals surface area contributed by atoms with E-state index in [1.54, 1.807) is 7.11 Å². The Morgan fingerprint density at radius 2 is 1.18 bits per heavy atom. The highest BCUT2D eigenvalue weighted by atomic mass is 16.6. The highest BCUT2D eigenvalue weighted by Gasteiger charge is 2.39. The van der Waals surface area contributed by atoms with E-state index in [1.165, 1.54) is 103 Å². The molecule has 2 rings (SSSR count). The molecule has 2 aromatic carbocycles. The van der Waals surface area contributed by atoms with Crippen molar-refractivity contribution in [3.63, 3.8) is 0 Å². The Kier molecular flexibility index (Phi) is 16.4. The Bertz CT molecular complexity index is 886. The van der Waals surface area contributed by atoms with Crippen LogP contribution >= 0.6 is 0 Å². The van der Waals surface area contributed by atoms with Crippen LogP contribution in [0.3, 0.4) is 0 Å². The molecule has 0 radical (unpaired) electrons. The summed E-state index contributed by atoms with van der Waals surface area (Å²) in [6.07, 6.45) is 24.1. The first-order chi connectivity index (χ1) is 18.5. The lowest BCUT2D eigenvalue weighted by Crippen LogP contribution is -2.38. The van der Waals surface area contributed by atoms with E-state index in [9.17, 15) is 4.79 Å². The molecule has 2 aromatic rings. The van der Waals surface area contributed by atoms with Gasteiger partial charge >= 0.3 is 5.97 Å². The summed E-state index contributed by atoms with van der Waals surface area (Å²) in [6, 6.07) is 14.1. The van der Waals surface area contributed by atoms with Crippen molar-refractivity contribution in [2.45, 2.75) is 148 Å². The number of fused-ring (bicyclic) bond motifs is 1. The summed E-state index contributed by atoms with van der Waals surface area (Å²) in [7, 11) is 1.59. The van der Waals surface area contributed by atoms with Gasteiger partial charge in [0.2, 0.25) is 0 Å². The molecule has 0 N–H and O–H groups in total. The Hall–Kier alpha value is -1.87. The van der Waals surface area contributed by atoms with Crippen LogP contribution in [0.25, 0.3) is 10.8 Å². The molecule has 0 saturated heterocycles. The smallest absolute Gasteiger partial charge is 0.343 e.